The molecule has 2 amide bonds. The van der Waals surface area contributed by atoms with Gasteiger partial charge in [-0.2, -0.15) is 0 Å². The van der Waals surface area contributed by atoms with E-state index in [4.69, 9.17) is 9.47 Å². The lowest BCUT2D eigenvalue weighted by Crippen LogP contribution is -2.43. The van der Waals surface area contributed by atoms with E-state index >= 15 is 0 Å². The van der Waals surface area contributed by atoms with Crippen molar-refractivity contribution in [2.45, 2.75) is 6.42 Å². The average molecular weight is 519 g/mol. The van der Waals surface area contributed by atoms with E-state index in [1.807, 2.05) is 66.7 Å². The molecule has 0 unspecified atom stereocenters. The van der Waals surface area contributed by atoms with Gasteiger partial charge in [-0.05, 0) is 51.1 Å². The third-order valence-electron chi connectivity index (χ3n) is 5.11. The van der Waals surface area contributed by atoms with Crippen molar-refractivity contribution in [3.63, 3.8) is 0 Å². The molecule has 4 rings (SSSR count). The summed E-state index contributed by atoms with van der Waals surface area (Å²) < 4.78 is 12.1. The maximum absolute atomic E-state index is 12.4. The number of fused-ring (bicyclic) bond motifs is 1. The summed E-state index contributed by atoms with van der Waals surface area (Å²) in [6, 6.07) is 28.4. The van der Waals surface area contributed by atoms with Crippen molar-refractivity contribution < 1.29 is 19.1 Å². The van der Waals surface area contributed by atoms with Gasteiger partial charge in [-0.25, -0.2) is 0 Å². The fourth-order valence-corrected chi connectivity index (χ4v) is 3.88. The molecular formula is C27H23BrN2O4. The fourth-order valence-electron chi connectivity index (χ4n) is 3.38. The molecule has 4 aromatic rings. The highest BCUT2D eigenvalue weighted by molar-refractivity contribution is 9.10. The molecule has 0 radical (unpaired) electrons. The van der Waals surface area contributed by atoms with E-state index in [1.165, 1.54) is 5.56 Å². The zero-order valence-corrected chi connectivity index (χ0v) is 19.9. The van der Waals surface area contributed by atoms with Crippen molar-refractivity contribution in [1.29, 1.82) is 0 Å². The summed E-state index contributed by atoms with van der Waals surface area (Å²) in [5.41, 5.74) is 6.34. The number of halogens is 1. The highest BCUT2D eigenvalue weighted by atomic mass is 79.9. The topological polar surface area (TPSA) is 76.7 Å². The zero-order chi connectivity index (χ0) is 23.8. The summed E-state index contributed by atoms with van der Waals surface area (Å²) in [7, 11) is 0. The molecule has 0 spiro atoms. The Morgan fingerprint density at radius 3 is 2.35 bits per heavy atom. The fraction of sp³-hybridized carbons (Fsp3) is 0.111. The number of carbonyl (C=O) groups is 2. The summed E-state index contributed by atoms with van der Waals surface area (Å²) in [6.45, 7) is 0.285. The Morgan fingerprint density at radius 1 is 0.765 bits per heavy atom. The standard InChI is InChI=1S/C27H23BrN2O4/c28-23-17-21(13-14-25(23)33-16-15-19-7-2-1-3-8-19)27(32)30-29-26(31)18-34-24-12-6-10-20-9-4-5-11-22(20)24/h1-14,17H,15-16,18H2,(H,29,31)(H,30,32). The first-order chi connectivity index (χ1) is 16.6. The first kappa shape index (κ1) is 23.3. The second-order valence-electron chi connectivity index (χ2n) is 7.50. The van der Waals surface area contributed by atoms with Crippen molar-refractivity contribution in [1.82, 2.24) is 10.9 Å². The first-order valence-corrected chi connectivity index (χ1v) is 11.6. The van der Waals surface area contributed by atoms with Crippen molar-refractivity contribution >= 4 is 38.5 Å². The minimum absolute atomic E-state index is 0.230. The van der Waals surface area contributed by atoms with Crippen LogP contribution in [0.25, 0.3) is 10.8 Å². The molecule has 0 bridgehead atoms. The normalized spacial score (nSPS) is 10.5. The van der Waals surface area contributed by atoms with Crippen molar-refractivity contribution in [3.8, 4) is 11.5 Å². The van der Waals surface area contributed by atoms with Crippen LogP contribution in [-0.2, 0) is 11.2 Å². The third kappa shape index (κ3) is 6.14. The van der Waals surface area contributed by atoms with Crippen molar-refractivity contribution in [2.24, 2.45) is 0 Å². The maximum atomic E-state index is 12.4. The quantitative estimate of drug-likeness (QED) is 0.319. The molecule has 0 aromatic heterocycles. The molecule has 172 valence electrons. The molecule has 6 nitrogen and oxygen atoms in total. The van der Waals surface area contributed by atoms with Gasteiger partial charge in [0.2, 0.25) is 0 Å². The SMILES string of the molecule is O=C(COc1cccc2ccccc12)NNC(=O)c1ccc(OCCc2ccccc2)c(Br)c1. The molecular weight excluding hydrogens is 496 g/mol. The van der Waals surface area contributed by atoms with Crippen LogP contribution in [0.15, 0.2) is 95.5 Å². The van der Waals surface area contributed by atoms with Gasteiger partial charge in [0.15, 0.2) is 6.61 Å². The summed E-state index contributed by atoms with van der Waals surface area (Å²) in [6.07, 6.45) is 0.780. The maximum Gasteiger partial charge on any atom is 0.276 e. The van der Waals surface area contributed by atoms with Crippen LogP contribution in [0.3, 0.4) is 0 Å². The van der Waals surface area contributed by atoms with Gasteiger partial charge >= 0.3 is 0 Å². The third-order valence-corrected chi connectivity index (χ3v) is 5.73. The van der Waals surface area contributed by atoms with Crippen LogP contribution in [0.2, 0.25) is 0 Å². The Balaban J connectivity index is 1.25. The Hall–Kier alpha value is -3.84. The first-order valence-electron chi connectivity index (χ1n) is 10.8. The molecule has 0 aliphatic carbocycles. The number of hydrazine groups is 1. The predicted octanol–water partition coefficient (Wildman–Crippen LogP) is 5.06. The molecule has 4 aromatic carbocycles. The van der Waals surface area contributed by atoms with E-state index in [-0.39, 0.29) is 6.61 Å². The second-order valence-corrected chi connectivity index (χ2v) is 8.35. The Morgan fingerprint density at radius 2 is 1.53 bits per heavy atom. The Labute approximate surface area is 206 Å². The minimum Gasteiger partial charge on any atom is -0.492 e. The van der Waals surface area contributed by atoms with Crippen LogP contribution in [0, 0.1) is 0 Å². The number of ether oxygens (including phenoxy) is 2. The highest BCUT2D eigenvalue weighted by Gasteiger charge is 2.11. The molecule has 0 aliphatic rings. The molecule has 0 fully saturated rings. The Bertz CT molecular complexity index is 1290. The van der Waals surface area contributed by atoms with Gasteiger partial charge in [-0.1, -0.05) is 66.7 Å². The van der Waals surface area contributed by atoms with E-state index in [1.54, 1.807) is 24.3 Å². The van der Waals surface area contributed by atoms with Crippen LogP contribution in [0.4, 0.5) is 0 Å². The van der Waals surface area contributed by atoms with Gasteiger partial charge in [0.05, 0.1) is 11.1 Å². The zero-order valence-electron chi connectivity index (χ0n) is 18.3. The number of nitrogens with one attached hydrogen (secondary N) is 2. The van der Waals surface area contributed by atoms with Crippen molar-refractivity contribution in [2.75, 3.05) is 13.2 Å². The Kier molecular flexibility index (Phi) is 7.78. The van der Waals surface area contributed by atoms with Gasteiger partial charge in [0, 0.05) is 17.4 Å². The van der Waals surface area contributed by atoms with E-state index in [9.17, 15) is 9.59 Å². The van der Waals surface area contributed by atoms with Gasteiger partial charge in [0.25, 0.3) is 11.8 Å². The molecule has 2 N–H and O–H groups in total. The predicted molar refractivity (Wildman–Crippen MR) is 135 cm³/mol. The van der Waals surface area contributed by atoms with Crippen LogP contribution in [0.1, 0.15) is 15.9 Å². The van der Waals surface area contributed by atoms with E-state index < -0.39 is 11.8 Å². The van der Waals surface area contributed by atoms with E-state index in [0.29, 0.717) is 28.1 Å². The highest BCUT2D eigenvalue weighted by Crippen LogP contribution is 2.26. The van der Waals surface area contributed by atoms with Gasteiger partial charge in [0.1, 0.15) is 11.5 Å². The van der Waals surface area contributed by atoms with Gasteiger partial charge < -0.3 is 9.47 Å². The van der Waals surface area contributed by atoms with Gasteiger partial charge in [-0.15, -0.1) is 0 Å². The molecule has 0 atom stereocenters. The lowest BCUT2D eigenvalue weighted by Gasteiger charge is -2.12. The van der Waals surface area contributed by atoms with Crippen LogP contribution in [-0.4, -0.2) is 25.0 Å². The molecule has 0 saturated carbocycles. The summed E-state index contributed by atoms with van der Waals surface area (Å²) >= 11 is 3.44. The van der Waals surface area contributed by atoms with Crippen LogP contribution in [0.5, 0.6) is 11.5 Å². The number of carbonyl (C=O) groups excluding carboxylic acids is 2. The summed E-state index contributed by atoms with van der Waals surface area (Å²) in [5.74, 6) is 0.322. The number of benzene rings is 4. The molecule has 0 heterocycles. The molecule has 34 heavy (non-hydrogen) atoms. The second kappa shape index (κ2) is 11.3. The monoisotopic (exact) mass is 518 g/mol. The lowest BCUT2D eigenvalue weighted by atomic mass is 10.1. The van der Waals surface area contributed by atoms with Crippen molar-refractivity contribution in [3.05, 3.63) is 107 Å². The van der Waals surface area contributed by atoms with Crippen LogP contribution >= 0.6 is 15.9 Å². The number of rotatable bonds is 8. The number of hydrogen-bond acceptors (Lipinski definition) is 4. The van der Waals surface area contributed by atoms with E-state index in [2.05, 4.69) is 26.8 Å². The average Bonchev–Trinajstić information content (AvgIpc) is 2.87. The van der Waals surface area contributed by atoms with E-state index in [0.717, 1.165) is 17.2 Å². The summed E-state index contributed by atoms with van der Waals surface area (Å²) in [5, 5.41) is 1.93. The molecule has 0 aliphatic heterocycles. The smallest absolute Gasteiger partial charge is 0.276 e. The molecule has 0 saturated heterocycles. The lowest BCUT2D eigenvalue weighted by molar-refractivity contribution is -0.123. The minimum atomic E-state index is -0.471. The summed E-state index contributed by atoms with van der Waals surface area (Å²) in [4.78, 5) is 24.6. The largest absolute Gasteiger partial charge is 0.492 e. The molecule has 7 heteroatoms. The van der Waals surface area contributed by atoms with Gasteiger partial charge in [-0.3, -0.25) is 20.4 Å². The number of hydrogen-bond donors (Lipinski definition) is 2. The number of amides is 2. The van der Waals surface area contributed by atoms with Crippen LogP contribution < -0.4 is 20.3 Å².